The zero-order valence-electron chi connectivity index (χ0n) is 9.72. The molecule has 1 aromatic carbocycles. The first-order valence-corrected chi connectivity index (χ1v) is 5.58. The van der Waals surface area contributed by atoms with Crippen LogP contribution in [-0.4, -0.2) is 22.2 Å². The molecule has 4 heteroatoms. The van der Waals surface area contributed by atoms with Gasteiger partial charge in [-0.1, -0.05) is 31.2 Å². The van der Waals surface area contributed by atoms with Crippen LogP contribution in [0.3, 0.4) is 0 Å². The van der Waals surface area contributed by atoms with Crippen LogP contribution in [0.2, 0.25) is 0 Å². The van der Waals surface area contributed by atoms with E-state index in [1.165, 1.54) is 0 Å². The number of carboxylic acids is 2. The summed E-state index contributed by atoms with van der Waals surface area (Å²) in [5, 5.41) is 17.8. The molecule has 1 unspecified atom stereocenters. The van der Waals surface area contributed by atoms with E-state index in [-0.39, 0.29) is 6.42 Å². The number of hydrogen-bond acceptors (Lipinski definition) is 2. The molecule has 4 nitrogen and oxygen atoms in total. The monoisotopic (exact) mass is 236 g/mol. The molecule has 0 aliphatic carbocycles. The highest BCUT2D eigenvalue weighted by Crippen LogP contribution is 2.24. The van der Waals surface area contributed by atoms with E-state index >= 15 is 0 Å². The topological polar surface area (TPSA) is 74.6 Å². The molecule has 0 aliphatic rings. The molecule has 2 N–H and O–H groups in total. The molecule has 0 bridgehead atoms. The average Bonchev–Trinajstić information content (AvgIpc) is 2.28. The van der Waals surface area contributed by atoms with Crippen LogP contribution < -0.4 is 0 Å². The Morgan fingerprint density at radius 1 is 1.24 bits per heavy atom. The second-order valence-electron chi connectivity index (χ2n) is 3.89. The van der Waals surface area contributed by atoms with Crippen LogP contribution in [0.1, 0.15) is 36.8 Å². The Morgan fingerprint density at radius 2 is 1.88 bits per heavy atom. The fourth-order valence-corrected chi connectivity index (χ4v) is 1.87. The molecule has 0 aromatic heterocycles. The van der Waals surface area contributed by atoms with Gasteiger partial charge in [0.1, 0.15) is 0 Å². The molecule has 0 heterocycles. The minimum atomic E-state index is -0.872. The average molecular weight is 236 g/mol. The summed E-state index contributed by atoms with van der Waals surface area (Å²) in [7, 11) is 0. The summed E-state index contributed by atoms with van der Waals surface area (Å²) in [4.78, 5) is 21.6. The van der Waals surface area contributed by atoms with Gasteiger partial charge in [0.15, 0.2) is 0 Å². The highest BCUT2D eigenvalue weighted by molar-refractivity contribution is 5.76. The van der Waals surface area contributed by atoms with Gasteiger partial charge in [-0.3, -0.25) is 9.59 Å². The van der Waals surface area contributed by atoms with Gasteiger partial charge in [-0.2, -0.15) is 0 Å². The smallest absolute Gasteiger partial charge is 0.310 e. The van der Waals surface area contributed by atoms with E-state index in [2.05, 4.69) is 0 Å². The fraction of sp³-hybridized carbons (Fsp3) is 0.385. The lowest BCUT2D eigenvalue weighted by Gasteiger charge is -2.14. The molecule has 1 rings (SSSR count). The third-order valence-corrected chi connectivity index (χ3v) is 2.75. The van der Waals surface area contributed by atoms with Gasteiger partial charge in [0.25, 0.3) is 0 Å². The van der Waals surface area contributed by atoms with E-state index in [1.807, 2.05) is 6.92 Å². The van der Waals surface area contributed by atoms with Crippen molar-refractivity contribution < 1.29 is 19.8 Å². The Hall–Kier alpha value is -1.84. The second-order valence-corrected chi connectivity index (χ2v) is 3.89. The standard InChI is InChI=1S/C13H16O4/c1-2-10(13(16)17)11-6-4-3-5-9(11)7-8-12(14)15/h3-6,10H,2,7-8H2,1H3,(H,14,15)(H,16,17). The summed E-state index contributed by atoms with van der Waals surface area (Å²) >= 11 is 0. The Balaban J connectivity index is 2.97. The maximum atomic E-state index is 11.1. The lowest BCUT2D eigenvalue weighted by molar-refractivity contribution is -0.139. The van der Waals surface area contributed by atoms with Crippen LogP contribution in [0.4, 0.5) is 0 Å². The number of rotatable bonds is 6. The molecule has 0 saturated carbocycles. The predicted molar refractivity (Wildman–Crippen MR) is 63.1 cm³/mol. The molecule has 0 spiro atoms. The summed E-state index contributed by atoms with van der Waals surface area (Å²) in [6.45, 7) is 1.81. The van der Waals surface area contributed by atoms with Gasteiger partial charge >= 0.3 is 11.9 Å². The minimum Gasteiger partial charge on any atom is -0.481 e. The molecule has 0 saturated heterocycles. The van der Waals surface area contributed by atoms with Crippen LogP contribution in [-0.2, 0) is 16.0 Å². The molecule has 92 valence electrons. The van der Waals surface area contributed by atoms with Crippen molar-refractivity contribution in [1.82, 2.24) is 0 Å². The Kier molecular flexibility index (Phi) is 4.69. The number of aliphatic carboxylic acids is 2. The third-order valence-electron chi connectivity index (χ3n) is 2.75. The van der Waals surface area contributed by atoms with E-state index in [9.17, 15) is 9.59 Å². The number of hydrogen-bond donors (Lipinski definition) is 2. The van der Waals surface area contributed by atoms with E-state index in [0.717, 1.165) is 11.1 Å². The summed E-state index contributed by atoms with van der Waals surface area (Å²) in [5.74, 6) is -2.29. The molecule has 0 amide bonds. The van der Waals surface area contributed by atoms with Gasteiger partial charge < -0.3 is 10.2 Å². The SMILES string of the molecule is CCC(C(=O)O)c1ccccc1CCC(=O)O. The Labute approximate surface area is 99.9 Å². The van der Waals surface area contributed by atoms with Crippen molar-refractivity contribution in [2.24, 2.45) is 0 Å². The zero-order valence-corrected chi connectivity index (χ0v) is 9.72. The zero-order chi connectivity index (χ0) is 12.8. The van der Waals surface area contributed by atoms with Crippen LogP contribution in [0, 0.1) is 0 Å². The molecule has 0 fully saturated rings. The van der Waals surface area contributed by atoms with Crippen molar-refractivity contribution in [3.63, 3.8) is 0 Å². The molecule has 0 aliphatic heterocycles. The Bertz CT molecular complexity index is 412. The van der Waals surface area contributed by atoms with Gasteiger partial charge in [0, 0.05) is 6.42 Å². The number of benzene rings is 1. The molecule has 17 heavy (non-hydrogen) atoms. The van der Waals surface area contributed by atoms with E-state index in [0.29, 0.717) is 12.8 Å². The second kappa shape index (κ2) is 6.03. The number of aryl methyl sites for hydroxylation is 1. The Morgan fingerprint density at radius 3 is 2.41 bits per heavy atom. The van der Waals surface area contributed by atoms with Crippen molar-refractivity contribution in [3.05, 3.63) is 35.4 Å². The molecule has 1 atom stereocenters. The first-order valence-electron chi connectivity index (χ1n) is 5.58. The third kappa shape index (κ3) is 3.59. The van der Waals surface area contributed by atoms with E-state index in [4.69, 9.17) is 10.2 Å². The normalized spacial score (nSPS) is 12.1. The lowest BCUT2D eigenvalue weighted by atomic mass is 9.90. The highest BCUT2D eigenvalue weighted by Gasteiger charge is 2.20. The molecule has 0 radical (unpaired) electrons. The predicted octanol–water partition coefficient (Wildman–Crippen LogP) is 2.28. The van der Waals surface area contributed by atoms with Gasteiger partial charge in [0.2, 0.25) is 0 Å². The van der Waals surface area contributed by atoms with Crippen molar-refractivity contribution >= 4 is 11.9 Å². The number of carbonyl (C=O) groups is 2. The molecule has 1 aromatic rings. The van der Waals surface area contributed by atoms with Crippen molar-refractivity contribution in [2.75, 3.05) is 0 Å². The fourth-order valence-electron chi connectivity index (χ4n) is 1.87. The minimum absolute atomic E-state index is 0.0209. The highest BCUT2D eigenvalue weighted by atomic mass is 16.4. The van der Waals surface area contributed by atoms with Crippen molar-refractivity contribution in [3.8, 4) is 0 Å². The van der Waals surface area contributed by atoms with Crippen molar-refractivity contribution in [1.29, 1.82) is 0 Å². The van der Waals surface area contributed by atoms with Gasteiger partial charge in [-0.25, -0.2) is 0 Å². The summed E-state index contributed by atoms with van der Waals surface area (Å²) in [6.07, 6.45) is 0.891. The summed E-state index contributed by atoms with van der Waals surface area (Å²) in [6, 6.07) is 7.14. The molecular formula is C13H16O4. The quantitative estimate of drug-likeness (QED) is 0.794. The largest absolute Gasteiger partial charge is 0.481 e. The first-order chi connectivity index (χ1) is 8.06. The van der Waals surface area contributed by atoms with Crippen molar-refractivity contribution in [2.45, 2.75) is 32.1 Å². The van der Waals surface area contributed by atoms with Crippen LogP contribution in [0.15, 0.2) is 24.3 Å². The first kappa shape index (κ1) is 13.2. The number of carboxylic acid groups (broad SMARTS) is 2. The van der Waals surface area contributed by atoms with Gasteiger partial charge in [0.05, 0.1) is 5.92 Å². The maximum absolute atomic E-state index is 11.1. The van der Waals surface area contributed by atoms with Crippen LogP contribution >= 0.6 is 0 Å². The maximum Gasteiger partial charge on any atom is 0.310 e. The van der Waals surface area contributed by atoms with Crippen LogP contribution in [0.5, 0.6) is 0 Å². The summed E-state index contributed by atoms with van der Waals surface area (Å²) in [5.41, 5.74) is 1.54. The van der Waals surface area contributed by atoms with E-state index in [1.54, 1.807) is 24.3 Å². The lowest BCUT2D eigenvalue weighted by Crippen LogP contribution is -2.13. The van der Waals surface area contributed by atoms with Gasteiger partial charge in [-0.15, -0.1) is 0 Å². The van der Waals surface area contributed by atoms with Gasteiger partial charge in [-0.05, 0) is 24.0 Å². The van der Waals surface area contributed by atoms with Crippen LogP contribution in [0.25, 0.3) is 0 Å². The summed E-state index contributed by atoms with van der Waals surface area (Å²) < 4.78 is 0. The molecular weight excluding hydrogens is 220 g/mol. The van der Waals surface area contributed by atoms with E-state index < -0.39 is 17.9 Å².